The Bertz CT molecular complexity index is 442. The molecule has 5 heteroatoms. The largest absolute Gasteiger partial charge is 0.351 e. The van der Waals surface area contributed by atoms with Crippen LogP contribution in [0.3, 0.4) is 0 Å². The number of aryl methyl sites for hydroxylation is 1. The van der Waals surface area contributed by atoms with Gasteiger partial charge in [-0.2, -0.15) is 0 Å². The monoisotopic (exact) mass is 280 g/mol. The molecule has 0 aliphatic carbocycles. The van der Waals surface area contributed by atoms with E-state index >= 15 is 0 Å². The summed E-state index contributed by atoms with van der Waals surface area (Å²) in [6, 6.07) is 4.22. The molecule has 1 aromatic rings. The van der Waals surface area contributed by atoms with Crippen LogP contribution in [0.1, 0.15) is 31.6 Å². The number of nitrogens with one attached hydrogen (secondary N) is 1. The Morgan fingerprint density at radius 1 is 1.58 bits per heavy atom. The number of hydrogen-bond acceptors (Lipinski definition) is 3. The van der Waals surface area contributed by atoms with Gasteiger partial charge in [-0.05, 0) is 31.7 Å². The van der Waals surface area contributed by atoms with Gasteiger partial charge in [0.05, 0.1) is 6.04 Å². The van der Waals surface area contributed by atoms with E-state index in [1.54, 1.807) is 11.3 Å². The minimum atomic E-state index is -0.0225. The average Bonchev–Trinajstić information content (AvgIpc) is 2.96. The summed E-state index contributed by atoms with van der Waals surface area (Å²) in [5, 5.41) is 4.98. The summed E-state index contributed by atoms with van der Waals surface area (Å²) in [6.45, 7) is 4.64. The molecule has 0 saturated carbocycles. The Morgan fingerprint density at radius 3 is 2.95 bits per heavy atom. The molecule has 2 rings (SSSR count). The van der Waals surface area contributed by atoms with E-state index in [4.69, 9.17) is 0 Å². The summed E-state index contributed by atoms with van der Waals surface area (Å²) in [5.74, 6) is 0.176. The molecular weight excluding hydrogens is 260 g/mol. The SMILES string of the molecule is CC(C)N1CC(NC(=O)CCc2cccs2)CC1=O. The van der Waals surface area contributed by atoms with Crippen LogP contribution in [0.2, 0.25) is 0 Å². The molecule has 1 aromatic heterocycles. The Morgan fingerprint density at radius 2 is 2.37 bits per heavy atom. The molecule has 1 atom stereocenters. The highest BCUT2D eigenvalue weighted by atomic mass is 32.1. The number of thiophene rings is 1. The second kappa shape index (κ2) is 6.19. The van der Waals surface area contributed by atoms with Crippen molar-refractivity contribution >= 4 is 23.2 Å². The first kappa shape index (κ1) is 14.1. The minimum absolute atomic E-state index is 0.0225. The second-order valence-corrected chi connectivity index (χ2v) is 6.22. The molecule has 104 valence electrons. The van der Waals surface area contributed by atoms with E-state index in [-0.39, 0.29) is 23.9 Å². The first-order chi connectivity index (χ1) is 9.06. The van der Waals surface area contributed by atoms with E-state index in [1.807, 2.05) is 36.3 Å². The molecule has 2 heterocycles. The predicted octanol–water partition coefficient (Wildman–Crippen LogP) is 1.81. The van der Waals surface area contributed by atoms with Crippen LogP contribution in [0.4, 0.5) is 0 Å². The first-order valence-electron chi connectivity index (χ1n) is 6.67. The zero-order valence-corrected chi connectivity index (χ0v) is 12.2. The molecule has 1 aliphatic heterocycles. The maximum atomic E-state index is 11.8. The van der Waals surface area contributed by atoms with Crippen LogP contribution in [-0.2, 0) is 16.0 Å². The lowest BCUT2D eigenvalue weighted by atomic mass is 10.2. The fraction of sp³-hybridized carbons (Fsp3) is 0.571. The number of hydrogen-bond donors (Lipinski definition) is 1. The van der Waals surface area contributed by atoms with Crippen LogP contribution in [-0.4, -0.2) is 35.3 Å². The number of amides is 2. The van der Waals surface area contributed by atoms with Crippen molar-refractivity contribution in [2.75, 3.05) is 6.54 Å². The Labute approximate surface area is 117 Å². The Kier molecular flexibility index (Phi) is 4.58. The molecule has 1 aliphatic rings. The van der Waals surface area contributed by atoms with Crippen LogP contribution in [0.25, 0.3) is 0 Å². The molecule has 0 spiro atoms. The van der Waals surface area contributed by atoms with Gasteiger partial charge >= 0.3 is 0 Å². The van der Waals surface area contributed by atoms with Gasteiger partial charge in [-0.15, -0.1) is 11.3 Å². The van der Waals surface area contributed by atoms with E-state index in [0.29, 0.717) is 19.4 Å². The van der Waals surface area contributed by atoms with Gasteiger partial charge in [-0.25, -0.2) is 0 Å². The molecular formula is C14H20N2O2S. The van der Waals surface area contributed by atoms with Crippen molar-refractivity contribution in [1.82, 2.24) is 10.2 Å². The van der Waals surface area contributed by atoms with E-state index < -0.39 is 0 Å². The third-order valence-corrected chi connectivity index (χ3v) is 4.26. The summed E-state index contributed by atoms with van der Waals surface area (Å²) in [4.78, 5) is 26.6. The molecule has 0 bridgehead atoms. The zero-order chi connectivity index (χ0) is 13.8. The number of rotatable bonds is 5. The third kappa shape index (κ3) is 3.80. The van der Waals surface area contributed by atoms with Crippen molar-refractivity contribution in [1.29, 1.82) is 0 Å². The summed E-state index contributed by atoms with van der Waals surface area (Å²) in [6.07, 6.45) is 1.70. The lowest BCUT2D eigenvalue weighted by Crippen LogP contribution is -2.38. The Hall–Kier alpha value is -1.36. The van der Waals surface area contributed by atoms with Gasteiger partial charge in [0.15, 0.2) is 0 Å². The van der Waals surface area contributed by atoms with Gasteiger partial charge < -0.3 is 10.2 Å². The standard InChI is InChI=1S/C14H20N2O2S/c1-10(2)16-9-11(8-14(16)18)15-13(17)6-5-12-4-3-7-19-12/h3-4,7,10-11H,5-6,8-9H2,1-2H3,(H,15,17). The molecule has 1 fully saturated rings. The van der Waals surface area contributed by atoms with Crippen LogP contribution >= 0.6 is 11.3 Å². The lowest BCUT2D eigenvalue weighted by Gasteiger charge is -2.21. The summed E-state index contributed by atoms with van der Waals surface area (Å²) >= 11 is 1.67. The van der Waals surface area contributed by atoms with Crippen LogP contribution < -0.4 is 5.32 Å². The fourth-order valence-electron chi connectivity index (χ4n) is 2.32. The van der Waals surface area contributed by atoms with Gasteiger partial charge in [-0.3, -0.25) is 9.59 Å². The topological polar surface area (TPSA) is 49.4 Å². The molecule has 1 saturated heterocycles. The van der Waals surface area contributed by atoms with E-state index in [1.165, 1.54) is 4.88 Å². The second-order valence-electron chi connectivity index (χ2n) is 5.19. The van der Waals surface area contributed by atoms with Crippen molar-refractivity contribution < 1.29 is 9.59 Å². The average molecular weight is 280 g/mol. The molecule has 1 unspecified atom stereocenters. The maximum Gasteiger partial charge on any atom is 0.225 e. The van der Waals surface area contributed by atoms with Crippen molar-refractivity contribution in [2.24, 2.45) is 0 Å². The number of nitrogens with zero attached hydrogens (tertiary/aromatic N) is 1. The lowest BCUT2D eigenvalue weighted by molar-refractivity contribution is -0.129. The molecule has 19 heavy (non-hydrogen) atoms. The Balaban J connectivity index is 1.76. The van der Waals surface area contributed by atoms with Crippen molar-refractivity contribution in [3.63, 3.8) is 0 Å². The van der Waals surface area contributed by atoms with Crippen molar-refractivity contribution in [3.05, 3.63) is 22.4 Å². The minimum Gasteiger partial charge on any atom is -0.351 e. The zero-order valence-electron chi connectivity index (χ0n) is 11.4. The summed E-state index contributed by atoms with van der Waals surface area (Å²) in [5.41, 5.74) is 0. The highest BCUT2D eigenvalue weighted by Gasteiger charge is 2.31. The summed E-state index contributed by atoms with van der Waals surface area (Å²) in [7, 11) is 0. The molecule has 1 N–H and O–H groups in total. The van der Waals surface area contributed by atoms with Crippen LogP contribution in [0, 0.1) is 0 Å². The van der Waals surface area contributed by atoms with Gasteiger partial charge in [0.25, 0.3) is 0 Å². The normalized spacial score (nSPS) is 19.2. The molecule has 0 aromatic carbocycles. The predicted molar refractivity (Wildman–Crippen MR) is 76.0 cm³/mol. The smallest absolute Gasteiger partial charge is 0.225 e. The molecule has 4 nitrogen and oxygen atoms in total. The van der Waals surface area contributed by atoms with Crippen molar-refractivity contribution in [2.45, 2.75) is 45.2 Å². The van der Waals surface area contributed by atoms with Gasteiger partial charge in [-0.1, -0.05) is 6.07 Å². The van der Waals surface area contributed by atoms with Gasteiger partial charge in [0, 0.05) is 30.3 Å². The number of carbonyl (C=O) groups excluding carboxylic acids is 2. The van der Waals surface area contributed by atoms with E-state index in [9.17, 15) is 9.59 Å². The maximum absolute atomic E-state index is 11.8. The third-order valence-electron chi connectivity index (χ3n) is 3.33. The van der Waals surface area contributed by atoms with Crippen LogP contribution in [0.15, 0.2) is 17.5 Å². The highest BCUT2D eigenvalue weighted by Crippen LogP contribution is 2.15. The van der Waals surface area contributed by atoms with E-state index in [0.717, 1.165) is 6.42 Å². The fourth-order valence-corrected chi connectivity index (χ4v) is 3.03. The van der Waals surface area contributed by atoms with Crippen LogP contribution in [0.5, 0.6) is 0 Å². The number of carbonyl (C=O) groups is 2. The summed E-state index contributed by atoms with van der Waals surface area (Å²) < 4.78 is 0. The highest BCUT2D eigenvalue weighted by molar-refractivity contribution is 7.09. The number of likely N-dealkylation sites (tertiary alicyclic amines) is 1. The molecule has 0 radical (unpaired) electrons. The quantitative estimate of drug-likeness (QED) is 0.894. The molecule has 2 amide bonds. The van der Waals surface area contributed by atoms with Crippen molar-refractivity contribution in [3.8, 4) is 0 Å². The van der Waals surface area contributed by atoms with Gasteiger partial charge in [0.1, 0.15) is 0 Å². The van der Waals surface area contributed by atoms with Gasteiger partial charge in [0.2, 0.25) is 11.8 Å². The first-order valence-corrected chi connectivity index (χ1v) is 7.55. The van der Waals surface area contributed by atoms with E-state index in [2.05, 4.69) is 5.32 Å².